The Hall–Kier alpha value is -3.46. The second-order valence-corrected chi connectivity index (χ2v) is 11.2. The highest BCUT2D eigenvalue weighted by atomic mass is 32.2. The van der Waals surface area contributed by atoms with Crippen molar-refractivity contribution in [2.24, 2.45) is 7.05 Å². The van der Waals surface area contributed by atoms with Crippen molar-refractivity contribution in [1.82, 2.24) is 9.55 Å². The molecule has 0 amide bonds. The molecule has 0 spiro atoms. The normalized spacial score (nSPS) is 16.7. The molecule has 0 saturated heterocycles. The van der Waals surface area contributed by atoms with Crippen molar-refractivity contribution < 1.29 is 26.7 Å². The van der Waals surface area contributed by atoms with Gasteiger partial charge in [-0.05, 0) is 48.1 Å². The predicted molar refractivity (Wildman–Crippen MR) is 127 cm³/mol. The van der Waals surface area contributed by atoms with Crippen LogP contribution in [0.25, 0.3) is 33.4 Å². The largest absolute Gasteiger partial charge is 0.586 e. The van der Waals surface area contributed by atoms with Gasteiger partial charge in [-0.15, -0.1) is 8.78 Å². The van der Waals surface area contributed by atoms with E-state index in [9.17, 15) is 17.2 Å². The first-order valence-corrected chi connectivity index (χ1v) is 13.0. The standard InChI is InChI=1S/C26H22F2N2O4S/c1-3-35(31,32)24-12-19(17-8-6-16(7-9-17)15-4-5-15)14-29-25(24)21-10-18-11-22-23(13-20(18)30(21)2)34-26(27,28)33-22/h6-15H,3-5H2,1-2H3. The summed E-state index contributed by atoms with van der Waals surface area (Å²) in [5.41, 5.74) is 4.33. The lowest BCUT2D eigenvalue weighted by atomic mass is 10.0. The maximum atomic E-state index is 13.5. The van der Waals surface area contributed by atoms with Gasteiger partial charge in [-0.3, -0.25) is 4.98 Å². The van der Waals surface area contributed by atoms with Crippen molar-refractivity contribution in [2.75, 3.05) is 5.75 Å². The first-order valence-electron chi connectivity index (χ1n) is 11.4. The Labute approximate surface area is 201 Å². The third-order valence-corrected chi connectivity index (χ3v) is 8.41. The van der Waals surface area contributed by atoms with E-state index < -0.39 is 16.1 Å². The van der Waals surface area contributed by atoms with E-state index in [2.05, 4.69) is 26.6 Å². The number of halogens is 2. The fourth-order valence-corrected chi connectivity index (χ4v) is 5.63. The molecular formula is C26H22F2N2O4S. The molecule has 9 heteroatoms. The van der Waals surface area contributed by atoms with E-state index in [4.69, 9.17) is 0 Å². The second-order valence-electron chi connectivity index (χ2n) is 8.98. The summed E-state index contributed by atoms with van der Waals surface area (Å²) in [7, 11) is -1.89. The molecule has 2 aromatic carbocycles. The molecule has 1 saturated carbocycles. The van der Waals surface area contributed by atoms with Crippen LogP contribution in [0.4, 0.5) is 8.78 Å². The number of hydrogen-bond donors (Lipinski definition) is 0. The smallest absolute Gasteiger partial charge is 0.395 e. The Bertz CT molecular complexity index is 1590. The van der Waals surface area contributed by atoms with E-state index in [1.807, 2.05) is 12.1 Å². The molecule has 1 aliphatic heterocycles. The molecule has 180 valence electrons. The Kier molecular flexibility index (Phi) is 4.73. The van der Waals surface area contributed by atoms with Crippen LogP contribution in [0.1, 0.15) is 31.2 Å². The van der Waals surface area contributed by atoms with Crippen molar-refractivity contribution in [2.45, 2.75) is 36.9 Å². The maximum Gasteiger partial charge on any atom is 0.586 e. The summed E-state index contributed by atoms with van der Waals surface area (Å²) >= 11 is 0. The number of benzene rings is 2. The van der Waals surface area contributed by atoms with Crippen LogP contribution >= 0.6 is 0 Å². The number of rotatable bonds is 5. The highest BCUT2D eigenvalue weighted by molar-refractivity contribution is 7.91. The molecule has 0 bridgehead atoms. The molecule has 0 unspecified atom stereocenters. The number of hydrogen-bond acceptors (Lipinski definition) is 5. The lowest BCUT2D eigenvalue weighted by molar-refractivity contribution is -0.286. The van der Waals surface area contributed by atoms with Gasteiger partial charge in [0.05, 0.1) is 21.9 Å². The molecule has 4 aromatic rings. The Morgan fingerprint density at radius 3 is 2.37 bits per heavy atom. The fourth-order valence-electron chi connectivity index (χ4n) is 4.56. The number of fused-ring (bicyclic) bond motifs is 2. The van der Waals surface area contributed by atoms with Gasteiger partial charge in [0.2, 0.25) is 0 Å². The molecular weight excluding hydrogens is 474 g/mol. The summed E-state index contributed by atoms with van der Waals surface area (Å²) in [4.78, 5) is 4.71. The molecule has 2 aromatic heterocycles. The summed E-state index contributed by atoms with van der Waals surface area (Å²) in [6.45, 7) is 1.59. The van der Waals surface area contributed by atoms with Crippen LogP contribution < -0.4 is 9.47 Å². The highest BCUT2D eigenvalue weighted by Crippen LogP contribution is 2.45. The van der Waals surface area contributed by atoms with Crippen LogP contribution in [0.15, 0.2) is 59.6 Å². The summed E-state index contributed by atoms with van der Waals surface area (Å²) in [6, 6.07) is 14.5. The van der Waals surface area contributed by atoms with E-state index >= 15 is 0 Å². The van der Waals surface area contributed by atoms with Crippen LogP contribution in [0, 0.1) is 0 Å². The van der Waals surface area contributed by atoms with Gasteiger partial charge in [0.15, 0.2) is 21.3 Å². The number of pyridine rings is 1. The maximum absolute atomic E-state index is 13.5. The molecule has 1 fully saturated rings. The first kappa shape index (κ1) is 22.0. The van der Waals surface area contributed by atoms with Gasteiger partial charge >= 0.3 is 6.29 Å². The zero-order valence-electron chi connectivity index (χ0n) is 19.1. The molecule has 3 heterocycles. The van der Waals surface area contributed by atoms with Crippen LogP contribution in [-0.2, 0) is 16.9 Å². The Morgan fingerprint density at radius 2 is 1.71 bits per heavy atom. The second kappa shape index (κ2) is 7.52. The summed E-state index contributed by atoms with van der Waals surface area (Å²) < 4.78 is 64.1. The highest BCUT2D eigenvalue weighted by Gasteiger charge is 2.43. The van der Waals surface area contributed by atoms with Crippen LogP contribution in [0.3, 0.4) is 0 Å². The van der Waals surface area contributed by atoms with Gasteiger partial charge in [-0.1, -0.05) is 31.2 Å². The van der Waals surface area contributed by atoms with Gasteiger partial charge in [0.1, 0.15) is 5.69 Å². The molecule has 6 nitrogen and oxygen atoms in total. The number of aryl methyl sites for hydroxylation is 1. The minimum absolute atomic E-state index is 0.0704. The molecule has 0 radical (unpaired) electrons. The van der Waals surface area contributed by atoms with Crippen molar-refractivity contribution in [3.63, 3.8) is 0 Å². The lowest BCUT2D eigenvalue weighted by Crippen LogP contribution is -2.25. The van der Waals surface area contributed by atoms with Crippen molar-refractivity contribution in [1.29, 1.82) is 0 Å². The summed E-state index contributed by atoms with van der Waals surface area (Å²) in [5.74, 6) is 0.407. The van der Waals surface area contributed by atoms with Crippen LogP contribution in [0.2, 0.25) is 0 Å². The zero-order valence-corrected chi connectivity index (χ0v) is 19.9. The van der Waals surface area contributed by atoms with E-state index in [-0.39, 0.29) is 22.1 Å². The molecule has 1 aliphatic carbocycles. The average molecular weight is 497 g/mol. The topological polar surface area (TPSA) is 70.4 Å². The van der Waals surface area contributed by atoms with Crippen LogP contribution in [-0.4, -0.2) is 30.0 Å². The van der Waals surface area contributed by atoms with Gasteiger partial charge in [0, 0.05) is 30.3 Å². The van der Waals surface area contributed by atoms with E-state index in [0.29, 0.717) is 33.8 Å². The number of ether oxygens (including phenoxy) is 2. The van der Waals surface area contributed by atoms with Crippen molar-refractivity contribution >= 4 is 20.7 Å². The third kappa shape index (κ3) is 3.74. The predicted octanol–water partition coefficient (Wildman–Crippen LogP) is 5.90. The van der Waals surface area contributed by atoms with Crippen LogP contribution in [0.5, 0.6) is 11.5 Å². The van der Waals surface area contributed by atoms with Crippen molar-refractivity contribution in [3.05, 3.63) is 60.3 Å². The Morgan fingerprint density at radius 1 is 1.03 bits per heavy atom. The summed E-state index contributed by atoms with van der Waals surface area (Å²) in [5, 5.41) is 0.601. The molecule has 2 aliphatic rings. The number of alkyl halides is 2. The minimum atomic E-state index is -3.71. The van der Waals surface area contributed by atoms with E-state index in [1.165, 1.54) is 30.5 Å². The third-order valence-electron chi connectivity index (χ3n) is 6.67. The van der Waals surface area contributed by atoms with Gasteiger partial charge in [-0.2, -0.15) is 0 Å². The lowest BCUT2D eigenvalue weighted by Gasteiger charge is -2.12. The van der Waals surface area contributed by atoms with Crippen molar-refractivity contribution in [3.8, 4) is 34.0 Å². The van der Waals surface area contributed by atoms with Gasteiger partial charge < -0.3 is 14.0 Å². The molecule has 0 atom stereocenters. The Balaban J connectivity index is 1.47. The number of sulfone groups is 1. The van der Waals surface area contributed by atoms with Gasteiger partial charge in [-0.25, -0.2) is 8.42 Å². The SMILES string of the molecule is CCS(=O)(=O)c1cc(-c2ccc(C3CC3)cc2)cnc1-c1cc2cc3c(cc2n1C)OC(F)(F)O3. The fraction of sp³-hybridized carbons (Fsp3) is 0.269. The minimum Gasteiger partial charge on any atom is -0.395 e. The molecule has 6 rings (SSSR count). The summed E-state index contributed by atoms with van der Waals surface area (Å²) in [6.07, 6.45) is 0.381. The quantitative estimate of drug-likeness (QED) is 0.344. The molecule has 0 N–H and O–H groups in total. The first-order chi connectivity index (χ1) is 16.6. The van der Waals surface area contributed by atoms with E-state index in [0.717, 1.165) is 5.56 Å². The number of nitrogens with zero attached hydrogens (tertiary/aromatic N) is 2. The number of aromatic nitrogens is 2. The van der Waals surface area contributed by atoms with Gasteiger partial charge in [0.25, 0.3) is 0 Å². The monoisotopic (exact) mass is 496 g/mol. The van der Waals surface area contributed by atoms with E-state index in [1.54, 1.807) is 36.9 Å². The average Bonchev–Trinajstić information content (AvgIpc) is 3.57. The molecule has 35 heavy (non-hydrogen) atoms. The zero-order chi connectivity index (χ0) is 24.5.